The van der Waals surface area contributed by atoms with Gasteiger partial charge in [-0.15, -0.1) is 6.42 Å². The lowest BCUT2D eigenvalue weighted by Crippen LogP contribution is -2.26. The minimum absolute atomic E-state index is 0.300. The van der Waals surface area contributed by atoms with Crippen LogP contribution in [-0.4, -0.2) is 11.8 Å². The molecule has 0 atom stereocenters. The number of hydrogen-bond acceptors (Lipinski definition) is 3. The maximum atomic E-state index is 12.9. The fourth-order valence-electron chi connectivity index (χ4n) is 3.32. The molecule has 0 fully saturated rings. The highest BCUT2D eigenvalue weighted by atomic mass is 16.2. The van der Waals surface area contributed by atoms with Crippen molar-refractivity contribution in [1.82, 2.24) is 0 Å². The molecule has 3 aromatic rings. The molecule has 0 radical (unpaired) electrons. The molecular weight excluding hydrogens is 338 g/mol. The minimum atomic E-state index is -0.390. The first-order valence-electron chi connectivity index (χ1n) is 8.27. The van der Waals surface area contributed by atoms with Crippen LogP contribution in [0.2, 0.25) is 0 Å². The lowest BCUT2D eigenvalue weighted by molar-refractivity contribution is -0.124. The monoisotopic (exact) mass is 351 g/mol. The van der Waals surface area contributed by atoms with Crippen molar-refractivity contribution in [2.24, 2.45) is 0 Å². The van der Waals surface area contributed by atoms with E-state index in [4.69, 9.17) is 6.42 Å². The van der Waals surface area contributed by atoms with Crippen molar-refractivity contribution in [2.75, 3.05) is 10.2 Å². The van der Waals surface area contributed by atoms with Gasteiger partial charge in [0.05, 0.1) is 28.7 Å². The van der Waals surface area contributed by atoms with Crippen LogP contribution < -0.4 is 10.2 Å². The number of terminal acetylenes is 1. The number of benzene rings is 3. The molecule has 0 saturated carbocycles. The highest BCUT2D eigenvalue weighted by Gasteiger charge is 2.29. The Kier molecular flexibility index (Phi) is 3.84. The van der Waals surface area contributed by atoms with Crippen LogP contribution in [0.1, 0.15) is 17.5 Å². The van der Waals surface area contributed by atoms with Crippen LogP contribution >= 0.6 is 0 Å². The summed E-state index contributed by atoms with van der Waals surface area (Å²) in [5.74, 6) is 1.88. The first-order chi connectivity index (χ1) is 13.1. The predicted octanol–water partition coefficient (Wildman–Crippen LogP) is 3.70. The number of amides is 2. The van der Waals surface area contributed by atoms with Gasteiger partial charge in [0.15, 0.2) is 0 Å². The number of hydrogen-bond donors (Lipinski definition) is 1. The summed E-state index contributed by atoms with van der Waals surface area (Å²) in [6, 6.07) is 17.9. The second-order valence-corrected chi connectivity index (χ2v) is 6.12. The second kappa shape index (κ2) is 6.33. The van der Waals surface area contributed by atoms with Gasteiger partial charge in [-0.3, -0.25) is 14.5 Å². The van der Waals surface area contributed by atoms with Crippen molar-refractivity contribution >= 4 is 39.6 Å². The third kappa shape index (κ3) is 2.68. The van der Waals surface area contributed by atoms with Crippen LogP contribution in [-0.2, 0) is 9.59 Å². The third-order valence-corrected chi connectivity index (χ3v) is 4.48. The van der Waals surface area contributed by atoms with E-state index in [-0.39, 0.29) is 12.3 Å². The third-order valence-electron chi connectivity index (χ3n) is 4.48. The summed E-state index contributed by atoms with van der Waals surface area (Å²) in [7, 11) is 0. The van der Waals surface area contributed by atoms with E-state index < -0.39 is 5.91 Å². The molecule has 128 valence electrons. The zero-order valence-corrected chi connectivity index (χ0v) is 14.2. The quantitative estimate of drug-likeness (QED) is 0.537. The van der Waals surface area contributed by atoms with E-state index in [0.29, 0.717) is 28.2 Å². The van der Waals surface area contributed by atoms with Crippen molar-refractivity contribution < 1.29 is 9.59 Å². The number of rotatable bonds is 1. The van der Waals surface area contributed by atoms with Crippen molar-refractivity contribution in [3.8, 4) is 18.4 Å². The van der Waals surface area contributed by atoms with Gasteiger partial charge in [0.1, 0.15) is 6.42 Å². The average molecular weight is 351 g/mol. The molecule has 0 unspecified atom stereocenters. The van der Waals surface area contributed by atoms with E-state index in [0.717, 1.165) is 10.8 Å². The highest BCUT2D eigenvalue weighted by Crippen LogP contribution is 2.41. The Morgan fingerprint density at radius 3 is 2.56 bits per heavy atom. The molecule has 0 saturated heterocycles. The lowest BCUT2D eigenvalue weighted by Gasteiger charge is -2.24. The Morgan fingerprint density at radius 1 is 1.04 bits per heavy atom. The molecule has 1 heterocycles. The van der Waals surface area contributed by atoms with E-state index >= 15 is 0 Å². The summed E-state index contributed by atoms with van der Waals surface area (Å²) in [6.45, 7) is 0. The van der Waals surface area contributed by atoms with Crippen LogP contribution in [0.4, 0.5) is 17.1 Å². The summed E-state index contributed by atoms with van der Waals surface area (Å²) in [6.07, 6.45) is 5.40. The molecule has 3 aromatic carbocycles. The van der Waals surface area contributed by atoms with Gasteiger partial charge >= 0.3 is 0 Å². The van der Waals surface area contributed by atoms with E-state index in [9.17, 15) is 14.9 Å². The molecule has 5 nitrogen and oxygen atoms in total. The van der Waals surface area contributed by atoms with Gasteiger partial charge < -0.3 is 5.32 Å². The van der Waals surface area contributed by atoms with Gasteiger partial charge in [-0.05, 0) is 29.7 Å². The largest absolute Gasteiger partial charge is 0.323 e. The number of nitriles is 1. The first kappa shape index (κ1) is 16.4. The zero-order chi connectivity index (χ0) is 19.0. The standard InChI is InChI=1S/C22H13N3O2/c1-2-15-11-19-22(18-9-4-3-8-17(15)18)24-20(26)12-21(27)25(19)16-7-5-6-14(10-16)13-23/h1,3-11H,12H2,(H,24,26). The molecule has 1 N–H and O–H groups in total. The Bertz CT molecular complexity index is 1200. The predicted molar refractivity (Wildman–Crippen MR) is 103 cm³/mol. The van der Waals surface area contributed by atoms with E-state index in [1.54, 1.807) is 30.3 Å². The molecular formula is C22H13N3O2. The Hall–Kier alpha value is -4.09. The summed E-state index contributed by atoms with van der Waals surface area (Å²) >= 11 is 0. The zero-order valence-electron chi connectivity index (χ0n) is 14.2. The fourth-order valence-corrected chi connectivity index (χ4v) is 3.32. The number of carbonyl (C=O) groups excluding carboxylic acids is 2. The maximum absolute atomic E-state index is 12.9. The molecule has 4 rings (SSSR count). The van der Waals surface area contributed by atoms with E-state index in [2.05, 4.69) is 17.3 Å². The SMILES string of the molecule is C#Cc1cc2c(c3ccccc13)NC(=O)CC(=O)N2c1cccc(C#N)c1. The molecule has 5 heteroatoms. The summed E-state index contributed by atoms with van der Waals surface area (Å²) in [5, 5.41) is 13.6. The number of fused-ring (bicyclic) bond motifs is 3. The van der Waals surface area contributed by atoms with Crippen molar-refractivity contribution in [2.45, 2.75) is 6.42 Å². The molecule has 2 amide bonds. The average Bonchev–Trinajstić information content (AvgIpc) is 2.82. The fraction of sp³-hybridized carbons (Fsp3) is 0.0455. The molecule has 1 aliphatic heterocycles. The van der Waals surface area contributed by atoms with Crippen LogP contribution in [0.15, 0.2) is 54.6 Å². The summed E-state index contributed by atoms with van der Waals surface area (Å²) in [5.41, 5.74) is 2.57. The number of carbonyl (C=O) groups is 2. The highest BCUT2D eigenvalue weighted by molar-refractivity contribution is 6.21. The summed E-state index contributed by atoms with van der Waals surface area (Å²) < 4.78 is 0. The van der Waals surface area contributed by atoms with Gasteiger partial charge in [-0.2, -0.15) is 5.26 Å². The van der Waals surface area contributed by atoms with Crippen LogP contribution in [0.25, 0.3) is 10.8 Å². The Morgan fingerprint density at radius 2 is 1.81 bits per heavy atom. The summed E-state index contributed by atoms with van der Waals surface area (Å²) in [4.78, 5) is 26.6. The smallest absolute Gasteiger partial charge is 0.241 e. The molecule has 0 aromatic heterocycles. The molecule has 0 spiro atoms. The molecule has 0 bridgehead atoms. The van der Waals surface area contributed by atoms with Gasteiger partial charge in [-0.25, -0.2) is 0 Å². The lowest BCUT2D eigenvalue weighted by atomic mass is 10.0. The van der Waals surface area contributed by atoms with Gasteiger partial charge in [0.25, 0.3) is 0 Å². The van der Waals surface area contributed by atoms with E-state index in [1.165, 1.54) is 4.90 Å². The second-order valence-electron chi connectivity index (χ2n) is 6.12. The number of anilines is 3. The van der Waals surface area contributed by atoms with Crippen molar-refractivity contribution in [3.05, 3.63) is 65.7 Å². The maximum Gasteiger partial charge on any atom is 0.241 e. The first-order valence-corrected chi connectivity index (χ1v) is 8.27. The normalized spacial score (nSPS) is 13.3. The minimum Gasteiger partial charge on any atom is -0.323 e. The Balaban J connectivity index is 2.07. The van der Waals surface area contributed by atoms with E-state index in [1.807, 2.05) is 24.3 Å². The van der Waals surface area contributed by atoms with Crippen LogP contribution in [0.3, 0.4) is 0 Å². The molecule has 0 aliphatic carbocycles. The van der Waals surface area contributed by atoms with Gasteiger partial charge in [0.2, 0.25) is 11.8 Å². The van der Waals surface area contributed by atoms with Gasteiger partial charge in [-0.1, -0.05) is 36.3 Å². The van der Waals surface area contributed by atoms with Crippen molar-refractivity contribution in [3.63, 3.8) is 0 Å². The molecule has 1 aliphatic rings. The van der Waals surface area contributed by atoms with Crippen molar-refractivity contribution in [1.29, 1.82) is 5.26 Å². The molecule has 27 heavy (non-hydrogen) atoms. The topological polar surface area (TPSA) is 73.2 Å². The number of nitrogens with zero attached hydrogens (tertiary/aromatic N) is 2. The Labute approximate surface area is 155 Å². The van der Waals surface area contributed by atoms with Crippen LogP contribution in [0, 0.1) is 23.7 Å². The van der Waals surface area contributed by atoms with Crippen LogP contribution in [0.5, 0.6) is 0 Å². The van der Waals surface area contributed by atoms with Gasteiger partial charge in [0, 0.05) is 10.9 Å². The number of nitrogens with one attached hydrogen (secondary N) is 1.